The van der Waals surface area contributed by atoms with Crippen LogP contribution in [0.3, 0.4) is 0 Å². The molecule has 0 aliphatic carbocycles. The average Bonchev–Trinajstić information content (AvgIpc) is 2.54. The molecule has 2 amide bonds. The monoisotopic (exact) mass is 340 g/mol. The summed E-state index contributed by atoms with van der Waals surface area (Å²) in [5, 5.41) is 5.57. The Morgan fingerprint density at radius 1 is 1.04 bits per heavy atom. The van der Waals surface area contributed by atoms with Gasteiger partial charge in [-0.1, -0.05) is 17.7 Å². The summed E-state index contributed by atoms with van der Waals surface area (Å²) in [5.41, 5.74) is 3.32. The zero-order chi connectivity index (χ0) is 18.4. The van der Waals surface area contributed by atoms with E-state index >= 15 is 0 Å². The first-order valence-corrected chi connectivity index (χ1v) is 8.26. The lowest BCUT2D eigenvalue weighted by Crippen LogP contribution is -2.30. The summed E-state index contributed by atoms with van der Waals surface area (Å²) < 4.78 is 5.56. The number of rotatable bonds is 6. The summed E-state index contributed by atoms with van der Waals surface area (Å²) in [6.45, 7) is 7.69. The van der Waals surface area contributed by atoms with Gasteiger partial charge in [-0.05, 0) is 63.6 Å². The molecule has 0 radical (unpaired) electrons. The van der Waals surface area contributed by atoms with Crippen molar-refractivity contribution in [1.82, 2.24) is 5.32 Å². The van der Waals surface area contributed by atoms with Crippen LogP contribution < -0.4 is 15.4 Å². The minimum Gasteiger partial charge on any atom is -0.483 e. The molecular weight excluding hydrogens is 316 g/mol. The summed E-state index contributed by atoms with van der Waals surface area (Å²) in [5.74, 6) is 0.312. The van der Waals surface area contributed by atoms with Crippen LogP contribution in [-0.4, -0.2) is 24.5 Å². The first kappa shape index (κ1) is 18.5. The molecule has 5 nitrogen and oxygen atoms in total. The Morgan fingerprint density at radius 3 is 2.32 bits per heavy atom. The Labute approximate surface area is 148 Å². The number of aryl methyl sites for hydroxylation is 2. The second-order valence-corrected chi connectivity index (χ2v) is 6.31. The van der Waals surface area contributed by atoms with E-state index in [1.54, 1.807) is 24.3 Å². The highest BCUT2D eigenvalue weighted by molar-refractivity contribution is 5.96. The van der Waals surface area contributed by atoms with Gasteiger partial charge in [-0.15, -0.1) is 0 Å². The van der Waals surface area contributed by atoms with E-state index in [4.69, 9.17) is 4.74 Å². The number of carbonyl (C=O) groups is 2. The maximum atomic E-state index is 12.0. The number of hydrogen-bond acceptors (Lipinski definition) is 3. The largest absolute Gasteiger partial charge is 0.483 e. The average molecular weight is 340 g/mol. The molecule has 2 N–H and O–H groups in total. The lowest BCUT2D eigenvalue weighted by molar-refractivity contribution is -0.118. The molecule has 2 aromatic carbocycles. The van der Waals surface area contributed by atoms with Gasteiger partial charge in [-0.25, -0.2) is 0 Å². The molecule has 0 saturated heterocycles. The van der Waals surface area contributed by atoms with Gasteiger partial charge in [-0.2, -0.15) is 0 Å². The van der Waals surface area contributed by atoms with E-state index in [1.165, 1.54) is 0 Å². The van der Waals surface area contributed by atoms with E-state index < -0.39 is 0 Å². The van der Waals surface area contributed by atoms with Gasteiger partial charge in [0.1, 0.15) is 5.75 Å². The molecule has 0 aliphatic rings. The van der Waals surface area contributed by atoms with Crippen LogP contribution in [0, 0.1) is 13.8 Å². The first-order valence-electron chi connectivity index (χ1n) is 8.26. The summed E-state index contributed by atoms with van der Waals surface area (Å²) in [4.78, 5) is 23.9. The van der Waals surface area contributed by atoms with E-state index in [0.29, 0.717) is 17.0 Å². The van der Waals surface area contributed by atoms with Gasteiger partial charge in [0.25, 0.3) is 11.8 Å². The molecule has 132 valence electrons. The third-order valence-electron chi connectivity index (χ3n) is 3.54. The van der Waals surface area contributed by atoms with Crippen molar-refractivity contribution in [3.8, 4) is 5.75 Å². The summed E-state index contributed by atoms with van der Waals surface area (Å²) in [6, 6.07) is 12.6. The summed E-state index contributed by atoms with van der Waals surface area (Å²) >= 11 is 0. The van der Waals surface area contributed by atoms with Crippen molar-refractivity contribution >= 4 is 17.5 Å². The standard InChI is InChI=1S/C20H24N2O3/c1-13(2)21-20(24)16-6-8-17(9-7-16)22-19(23)12-25-18-10-5-14(3)11-15(18)4/h5-11,13H,12H2,1-4H3,(H,21,24)(H,22,23). The number of benzene rings is 2. The molecule has 0 unspecified atom stereocenters. The van der Waals surface area contributed by atoms with Crippen molar-refractivity contribution in [3.63, 3.8) is 0 Å². The highest BCUT2D eigenvalue weighted by atomic mass is 16.5. The molecule has 0 heterocycles. The molecule has 0 aliphatic heterocycles. The van der Waals surface area contributed by atoms with Crippen LogP contribution in [0.1, 0.15) is 35.3 Å². The van der Waals surface area contributed by atoms with Crippen molar-refractivity contribution in [2.24, 2.45) is 0 Å². The van der Waals surface area contributed by atoms with Crippen molar-refractivity contribution in [2.45, 2.75) is 33.7 Å². The van der Waals surface area contributed by atoms with Crippen LogP contribution in [0.25, 0.3) is 0 Å². The van der Waals surface area contributed by atoms with Gasteiger partial charge in [0.05, 0.1) is 0 Å². The molecule has 0 saturated carbocycles. The molecule has 5 heteroatoms. The first-order chi connectivity index (χ1) is 11.8. The predicted molar refractivity (Wildman–Crippen MR) is 99.1 cm³/mol. The van der Waals surface area contributed by atoms with Gasteiger partial charge in [0.15, 0.2) is 6.61 Å². The summed E-state index contributed by atoms with van der Waals surface area (Å²) in [7, 11) is 0. The van der Waals surface area contributed by atoms with Crippen LogP contribution in [0.5, 0.6) is 5.75 Å². The zero-order valence-electron chi connectivity index (χ0n) is 15.1. The molecule has 25 heavy (non-hydrogen) atoms. The van der Waals surface area contributed by atoms with Gasteiger partial charge in [0, 0.05) is 17.3 Å². The van der Waals surface area contributed by atoms with Crippen molar-refractivity contribution in [3.05, 3.63) is 59.2 Å². The van der Waals surface area contributed by atoms with Gasteiger partial charge >= 0.3 is 0 Å². The molecule has 0 aromatic heterocycles. The topological polar surface area (TPSA) is 67.4 Å². The van der Waals surface area contributed by atoms with Crippen LogP contribution in [-0.2, 0) is 4.79 Å². The number of amides is 2. The Morgan fingerprint density at radius 2 is 1.72 bits per heavy atom. The molecule has 2 rings (SSSR count). The fraction of sp³-hybridized carbons (Fsp3) is 0.300. The van der Waals surface area contributed by atoms with Gasteiger partial charge in [-0.3, -0.25) is 9.59 Å². The predicted octanol–water partition coefficient (Wildman–Crippen LogP) is 3.46. The second kappa shape index (κ2) is 8.33. The molecule has 2 aromatic rings. The van der Waals surface area contributed by atoms with E-state index in [0.717, 1.165) is 11.1 Å². The Hall–Kier alpha value is -2.82. The van der Waals surface area contributed by atoms with Crippen LogP contribution in [0.15, 0.2) is 42.5 Å². The van der Waals surface area contributed by atoms with Gasteiger partial charge in [0.2, 0.25) is 0 Å². The number of anilines is 1. The number of ether oxygens (including phenoxy) is 1. The van der Waals surface area contributed by atoms with Crippen LogP contribution >= 0.6 is 0 Å². The van der Waals surface area contributed by atoms with E-state index in [1.807, 2.05) is 45.9 Å². The van der Waals surface area contributed by atoms with Crippen LogP contribution in [0.4, 0.5) is 5.69 Å². The van der Waals surface area contributed by atoms with Crippen molar-refractivity contribution in [2.75, 3.05) is 11.9 Å². The molecular formula is C20H24N2O3. The van der Waals surface area contributed by atoms with E-state index in [2.05, 4.69) is 10.6 Å². The normalized spacial score (nSPS) is 10.4. The highest BCUT2D eigenvalue weighted by Crippen LogP contribution is 2.18. The van der Waals surface area contributed by atoms with Gasteiger partial charge < -0.3 is 15.4 Å². The molecule has 0 fully saturated rings. The number of nitrogens with one attached hydrogen (secondary N) is 2. The van der Waals surface area contributed by atoms with Crippen molar-refractivity contribution in [1.29, 1.82) is 0 Å². The third kappa shape index (κ3) is 5.64. The van der Waals surface area contributed by atoms with E-state index in [-0.39, 0.29) is 24.5 Å². The fourth-order valence-electron chi connectivity index (χ4n) is 2.35. The quantitative estimate of drug-likeness (QED) is 0.846. The Bertz CT molecular complexity index is 752. The lowest BCUT2D eigenvalue weighted by atomic mass is 10.1. The van der Waals surface area contributed by atoms with Crippen molar-refractivity contribution < 1.29 is 14.3 Å². The minimum atomic E-state index is -0.251. The lowest BCUT2D eigenvalue weighted by Gasteiger charge is -2.11. The molecule has 0 spiro atoms. The van der Waals surface area contributed by atoms with E-state index in [9.17, 15) is 9.59 Å². The number of hydrogen-bond donors (Lipinski definition) is 2. The SMILES string of the molecule is Cc1ccc(OCC(=O)Nc2ccc(C(=O)NC(C)C)cc2)c(C)c1. The third-order valence-corrected chi connectivity index (χ3v) is 3.54. The molecule has 0 bridgehead atoms. The fourth-order valence-corrected chi connectivity index (χ4v) is 2.35. The smallest absolute Gasteiger partial charge is 0.262 e. The second-order valence-electron chi connectivity index (χ2n) is 6.31. The Balaban J connectivity index is 1.89. The zero-order valence-corrected chi connectivity index (χ0v) is 15.1. The number of carbonyl (C=O) groups excluding carboxylic acids is 2. The molecule has 0 atom stereocenters. The minimum absolute atomic E-state index is 0.0700. The highest BCUT2D eigenvalue weighted by Gasteiger charge is 2.09. The maximum absolute atomic E-state index is 12.0. The van der Waals surface area contributed by atoms with Crippen LogP contribution in [0.2, 0.25) is 0 Å². The summed E-state index contributed by atoms with van der Waals surface area (Å²) in [6.07, 6.45) is 0. The maximum Gasteiger partial charge on any atom is 0.262 e. The Kier molecular flexibility index (Phi) is 6.17.